The minimum absolute atomic E-state index is 0.116. The number of carboxylic acid groups (broad SMARTS) is 1. The molecule has 1 aliphatic carbocycles. The molecule has 0 heterocycles. The number of carboxylic acids is 1. The molecule has 1 fully saturated rings. The Morgan fingerprint density at radius 2 is 1.69 bits per heavy atom. The second-order valence-corrected chi connectivity index (χ2v) is 6.71. The van der Waals surface area contributed by atoms with Crippen molar-refractivity contribution in [1.29, 1.82) is 0 Å². The van der Waals surface area contributed by atoms with Gasteiger partial charge in [0, 0.05) is 6.04 Å². The number of rotatable bonds is 16. The Kier molecular flexibility index (Phi) is 17.8. The lowest BCUT2D eigenvalue weighted by molar-refractivity contribution is -0.142. The number of unbranched alkanes of at least 4 members (excludes halogenated alkanes) is 6. The number of hydrogen-bond acceptors (Lipinski definition) is 6. The molecule has 0 amide bonds. The molecular weight excluding hydrogens is 334 g/mol. The lowest BCUT2D eigenvalue weighted by atomic mass is 10.1. The zero-order valence-electron chi connectivity index (χ0n) is 16.4. The Balaban J connectivity index is 0.000000642. The number of hydrogen-bond donors (Lipinski definition) is 4. The maximum atomic E-state index is 11.3. The van der Waals surface area contributed by atoms with Gasteiger partial charge in [0.25, 0.3) is 0 Å². The topological polar surface area (TPSA) is 114 Å². The highest BCUT2D eigenvalue weighted by atomic mass is 16.5. The van der Waals surface area contributed by atoms with Crippen molar-refractivity contribution in [2.45, 2.75) is 77.2 Å². The highest BCUT2D eigenvalue weighted by Crippen LogP contribution is 2.17. The van der Waals surface area contributed by atoms with Crippen molar-refractivity contribution in [3.05, 3.63) is 0 Å². The van der Waals surface area contributed by atoms with Gasteiger partial charge in [-0.05, 0) is 38.8 Å². The summed E-state index contributed by atoms with van der Waals surface area (Å²) in [6.07, 6.45) is 11.9. The SMILES string of the molecule is CCCCCCCCCOC(=O)CNCCCN.O=C(O)CNC1CC1. The smallest absolute Gasteiger partial charge is 0.319 e. The summed E-state index contributed by atoms with van der Waals surface area (Å²) in [6.45, 7) is 4.64. The number of carbonyl (C=O) groups excluding carboxylic acids is 1. The zero-order valence-corrected chi connectivity index (χ0v) is 16.4. The van der Waals surface area contributed by atoms with Crippen LogP contribution in [0.2, 0.25) is 0 Å². The van der Waals surface area contributed by atoms with Crippen LogP contribution in [-0.2, 0) is 14.3 Å². The molecule has 1 rings (SSSR count). The summed E-state index contributed by atoms with van der Waals surface area (Å²) in [5.74, 6) is -0.921. The van der Waals surface area contributed by atoms with E-state index < -0.39 is 5.97 Å². The first-order valence-electron chi connectivity index (χ1n) is 10.1. The summed E-state index contributed by atoms with van der Waals surface area (Å²) in [5.41, 5.74) is 5.35. The summed E-state index contributed by atoms with van der Waals surface area (Å²) in [4.78, 5) is 21.1. The molecular formula is C19H39N3O4. The number of ether oxygens (including phenoxy) is 1. The number of aliphatic carboxylic acids is 1. The van der Waals surface area contributed by atoms with Crippen LogP contribution >= 0.6 is 0 Å². The fraction of sp³-hybridized carbons (Fsp3) is 0.895. The van der Waals surface area contributed by atoms with Gasteiger partial charge in [-0.1, -0.05) is 45.4 Å². The van der Waals surface area contributed by atoms with Crippen LogP contribution in [0.25, 0.3) is 0 Å². The van der Waals surface area contributed by atoms with E-state index in [1.165, 1.54) is 32.1 Å². The Morgan fingerprint density at radius 3 is 2.27 bits per heavy atom. The lowest BCUT2D eigenvalue weighted by Gasteiger charge is -2.06. The molecule has 154 valence electrons. The molecule has 0 atom stereocenters. The van der Waals surface area contributed by atoms with Gasteiger partial charge >= 0.3 is 11.9 Å². The molecule has 26 heavy (non-hydrogen) atoms. The highest BCUT2D eigenvalue weighted by Gasteiger charge is 2.20. The maximum absolute atomic E-state index is 11.3. The lowest BCUT2D eigenvalue weighted by Crippen LogP contribution is -2.27. The molecule has 0 aromatic rings. The molecule has 7 heteroatoms. The van der Waals surface area contributed by atoms with E-state index in [1.54, 1.807) is 0 Å². The average Bonchev–Trinajstić information content (AvgIpc) is 3.44. The van der Waals surface area contributed by atoms with Crippen molar-refractivity contribution in [3.63, 3.8) is 0 Å². The van der Waals surface area contributed by atoms with Crippen LogP contribution in [0.15, 0.2) is 0 Å². The predicted molar refractivity (Wildman–Crippen MR) is 104 cm³/mol. The van der Waals surface area contributed by atoms with Gasteiger partial charge < -0.3 is 26.2 Å². The second kappa shape index (κ2) is 18.6. The van der Waals surface area contributed by atoms with Crippen LogP contribution in [-0.4, -0.2) is 55.9 Å². The van der Waals surface area contributed by atoms with Crippen LogP contribution in [0.5, 0.6) is 0 Å². The Labute approximate surface area is 158 Å². The normalized spacial score (nSPS) is 13.0. The van der Waals surface area contributed by atoms with Crippen molar-refractivity contribution >= 4 is 11.9 Å². The summed E-state index contributed by atoms with van der Waals surface area (Å²) >= 11 is 0. The van der Waals surface area contributed by atoms with Crippen molar-refractivity contribution in [2.24, 2.45) is 5.73 Å². The van der Waals surface area contributed by atoms with Crippen LogP contribution in [0.1, 0.15) is 71.1 Å². The minimum atomic E-state index is -0.767. The largest absolute Gasteiger partial charge is 0.480 e. The second-order valence-electron chi connectivity index (χ2n) is 6.71. The summed E-state index contributed by atoms with van der Waals surface area (Å²) < 4.78 is 5.12. The Bertz CT molecular complexity index is 350. The first-order valence-corrected chi connectivity index (χ1v) is 10.1. The average molecular weight is 374 g/mol. The van der Waals surface area contributed by atoms with Crippen molar-refractivity contribution in [1.82, 2.24) is 10.6 Å². The Morgan fingerprint density at radius 1 is 1.04 bits per heavy atom. The van der Waals surface area contributed by atoms with Gasteiger partial charge in [-0.3, -0.25) is 9.59 Å². The molecule has 0 spiro atoms. The van der Waals surface area contributed by atoms with E-state index in [2.05, 4.69) is 17.6 Å². The van der Waals surface area contributed by atoms with Crippen LogP contribution < -0.4 is 16.4 Å². The monoisotopic (exact) mass is 373 g/mol. The number of nitrogens with one attached hydrogen (secondary N) is 2. The van der Waals surface area contributed by atoms with E-state index in [1.807, 2.05) is 0 Å². The zero-order chi connectivity index (χ0) is 19.5. The van der Waals surface area contributed by atoms with E-state index >= 15 is 0 Å². The molecule has 0 aliphatic heterocycles. The first kappa shape index (κ1) is 24.8. The number of carbonyl (C=O) groups is 2. The molecule has 0 aromatic carbocycles. The molecule has 0 saturated heterocycles. The van der Waals surface area contributed by atoms with Crippen molar-refractivity contribution < 1.29 is 19.4 Å². The third kappa shape index (κ3) is 20.9. The maximum Gasteiger partial charge on any atom is 0.319 e. The van der Waals surface area contributed by atoms with Gasteiger partial charge in [-0.15, -0.1) is 0 Å². The molecule has 5 N–H and O–H groups in total. The van der Waals surface area contributed by atoms with Crippen molar-refractivity contribution in [3.8, 4) is 0 Å². The van der Waals surface area contributed by atoms with E-state index in [0.29, 0.717) is 25.7 Å². The van der Waals surface area contributed by atoms with Crippen molar-refractivity contribution in [2.75, 3.05) is 32.8 Å². The molecule has 0 unspecified atom stereocenters. The number of esters is 1. The van der Waals surface area contributed by atoms with Gasteiger partial charge in [-0.25, -0.2) is 0 Å². The summed E-state index contributed by atoms with van der Waals surface area (Å²) in [6, 6.07) is 0.506. The summed E-state index contributed by atoms with van der Waals surface area (Å²) in [5, 5.41) is 14.0. The summed E-state index contributed by atoms with van der Waals surface area (Å²) in [7, 11) is 0. The van der Waals surface area contributed by atoms with Gasteiger partial charge in [0.15, 0.2) is 0 Å². The molecule has 7 nitrogen and oxygen atoms in total. The molecule has 1 aliphatic rings. The van der Waals surface area contributed by atoms with Gasteiger partial charge in [-0.2, -0.15) is 0 Å². The fourth-order valence-corrected chi connectivity index (χ4v) is 2.23. The first-order chi connectivity index (χ1) is 12.6. The minimum Gasteiger partial charge on any atom is -0.480 e. The van der Waals surface area contributed by atoms with E-state index in [-0.39, 0.29) is 12.5 Å². The van der Waals surface area contributed by atoms with Gasteiger partial charge in [0.05, 0.1) is 19.7 Å². The molecule has 1 saturated carbocycles. The third-order valence-corrected chi connectivity index (χ3v) is 3.96. The fourth-order valence-electron chi connectivity index (χ4n) is 2.23. The van der Waals surface area contributed by atoms with E-state index in [9.17, 15) is 9.59 Å². The molecule has 0 bridgehead atoms. The third-order valence-electron chi connectivity index (χ3n) is 3.96. The van der Waals surface area contributed by atoms with Crippen LogP contribution in [0.4, 0.5) is 0 Å². The van der Waals surface area contributed by atoms with Gasteiger partial charge in [0.2, 0.25) is 0 Å². The Hall–Kier alpha value is -1.18. The predicted octanol–water partition coefficient (Wildman–Crippen LogP) is 2.04. The quantitative estimate of drug-likeness (QED) is 0.242. The molecule has 0 aromatic heterocycles. The van der Waals surface area contributed by atoms with Crippen LogP contribution in [0, 0.1) is 0 Å². The molecule has 0 radical (unpaired) electrons. The van der Waals surface area contributed by atoms with Crippen LogP contribution in [0.3, 0.4) is 0 Å². The van der Waals surface area contributed by atoms with E-state index in [4.69, 9.17) is 15.6 Å². The number of nitrogens with two attached hydrogens (primary N) is 1. The van der Waals surface area contributed by atoms with E-state index in [0.717, 1.165) is 38.6 Å². The highest BCUT2D eigenvalue weighted by molar-refractivity contribution is 5.71. The van der Waals surface area contributed by atoms with Gasteiger partial charge in [0.1, 0.15) is 0 Å². The standard InChI is InChI=1S/C14H30N2O2.C5H9NO2/c1-2-3-4-5-6-7-8-12-18-14(17)13-16-11-9-10-15;7-5(8)3-6-4-1-2-4/h16H,2-13,15H2,1H3;4,6H,1-3H2,(H,7,8).